The van der Waals surface area contributed by atoms with Crippen LogP contribution >= 0.6 is 0 Å². The maximum Gasteiger partial charge on any atom is 0.244 e. The molecule has 5 rings (SSSR count). The quantitative estimate of drug-likeness (QED) is 0.513. The molecule has 5 nitrogen and oxygen atoms in total. The SMILES string of the molecule is CCc1ccc([C@H]2C(C#N)=C(N)Oc3n[nH]c(-c4cccc5ccccc45)c32)cc1. The zero-order valence-electron chi connectivity index (χ0n) is 16.5. The lowest BCUT2D eigenvalue weighted by molar-refractivity contribution is 0.379. The lowest BCUT2D eigenvalue weighted by atomic mass is 9.82. The van der Waals surface area contributed by atoms with Crippen LogP contribution in [0.1, 0.15) is 29.5 Å². The van der Waals surface area contributed by atoms with E-state index in [4.69, 9.17) is 10.5 Å². The Morgan fingerprint density at radius 3 is 2.60 bits per heavy atom. The van der Waals surface area contributed by atoms with Crippen LogP contribution in [0, 0.1) is 11.3 Å². The molecule has 0 radical (unpaired) electrons. The van der Waals surface area contributed by atoms with E-state index in [1.807, 2.05) is 18.2 Å². The van der Waals surface area contributed by atoms with Gasteiger partial charge in [0.2, 0.25) is 11.8 Å². The van der Waals surface area contributed by atoms with Gasteiger partial charge in [-0.05, 0) is 28.3 Å². The van der Waals surface area contributed by atoms with Crippen molar-refractivity contribution in [2.24, 2.45) is 5.73 Å². The van der Waals surface area contributed by atoms with Crippen molar-refractivity contribution in [1.29, 1.82) is 5.26 Å². The fourth-order valence-corrected chi connectivity index (χ4v) is 4.17. The first-order valence-electron chi connectivity index (χ1n) is 9.94. The van der Waals surface area contributed by atoms with Gasteiger partial charge in [0, 0.05) is 5.56 Å². The van der Waals surface area contributed by atoms with Gasteiger partial charge in [-0.2, -0.15) is 5.26 Å². The summed E-state index contributed by atoms with van der Waals surface area (Å²) >= 11 is 0. The predicted molar refractivity (Wildman–Crippen MR) is 117 cm³/mol. The third-order valence-electron chi connectivity index (χ3n) is 5.72. The summed E-state index contributed by atoms with van der Waals surface area (Å²) in [5, 5.41) is 19.7. The Morgan fingerprint density at radius 2 is 1.83 bits per heavy atom. The van der Waals surface area contributed by atoms with Gasteiger partial charge >= 0.3 is 0 Å². The van der Waals surface area contributed by atoms with Gasteiger partial charge in [-0.25, -0.2) is 0 Å². The monoisotopic (exact) mass is 392 g/mol. The Kier molecular flexibility index (Phi) is 4.26. The number of nitrogens with one attached hydrogen (secondary N) is 1. The van der Waals surface area contributed by atoms with Crippen LogP contribution in [-0.4, -0.2) is 10.2 Å². The molecule has 0 bridgehead atoms. The summed E-state index contributed by atoms with van der Waals surface area (Å²) in [6.07, 6.45) is 0.954. The average Bonchev–Trinajstić information content (AvgIpc) is 3.21. The number of H-pyrrole nitrogens is 1. The molecule has 4 aromatic rings. The number of aryl methyl sites for hydroxylation is 1. The smallest absolute Gasteiger partial charge is 0.244 e. The lowest BCUT2D eigenvalue weighted by Gasteiger charge is -2.24. The highest BCUT2D eigenvalue weighted by Crippen LogP contribution is 2.46. The number of hydrogen-bond acceptors (Lipinski definition) is 4. The summed E-state index contributed by atoms with van der Waals surface area (Å²) in [5.41, 5.74) is 11.4. The molecule has 0 unspecified atom stereocenters. The molecular weight excluding hydrogens is 372 g/mol. The first kappa shape index (κ1) is 18.0. The van der Waals surface area contributed by atoms with Crippen molar-refractivity contribution in [3.8, 4) is 23.2 Å². The number of nitrogens with zero attached hydrogens (tertiary/aromatic N) is 2. The van der Waals surface area contributed by atoms with Crippen LogP contribution in [0.3, 0.4) is 0 Å². The van der Waals surface area contributed by atoms with Gasteiger partial charge in [0.1, 0.15) is 11.6 Å². The molecular formula is C25H20N4O. The molecule has 1 aromatic heterocycles. The van der Waals surface area contributed by atoms with Crippen LogP contribution in [0.2, 0.25) is 0 Å². The van der Waals surface area contributed by atoms with E-state index in [1.54, 1.807) is 0 Å². The van der Waals surface area contributed by atoms with Crippen LogP contribution in [0.5, 0.6) is 5.88 Å². The van der Waals surface area contributed by atoms with Gasteiger partial charge in [-0.3, -0.25) is 5.10 Å². The van der Waals surface area contributed by atoms with E-state index in [0.717, 1.165) is 39.6 Å². The number of aromatic nitrogens is 2. The maximum atomic E-state index is 9.89. The van der Waals surface area contributed by atoms with Crippen LogP contribution in [0.4, 0.5) is 0 Å². The van der Waals surface area contributed by atoms with Crippen LogP contribution < -0.4 is 10.5 Å². The van der Waals surface area contributed by atoms with Crippen LogP contribution in [-0.2, 0) is 6.42 Å². The Hall–Kier alpha value is -4.04. The van der Waals surface area contributed by atoms with Gasteiger partial charge in [-0.15, -0.1) is 5.10 Å². The summed E-state index contributed by atoms with van der Waals surface area (Å²) in [7, 11) is 0. The summed E-state index contributed by atoms with van der Waals surface area (Å²) in [5.74, 6) is 0.168. The molecule has 30 heavy (non-hydrogen) atoms. The Balaban J connectivity index is 1.76. The molecule has 2 heterocycles. The number of ether oxygens (including phenoxy) is 1. The molecule has 1 aliphatic heterocycles. The summed E-state index contributed by atoms with van der Waals surface area (Å²) < 4.78 is 5.74. The number of nitriles is 1. The van der Waals surface area contributed by atoms with Crippen molar-refractivity contribution in [2.45, 2.75) is 19.3 Å². The molecule has 0 fully saturated rings. The minimum Gasteiger partial charge on any atom is -0.420 e. The second-order valence-corrected chi connectivity index (χ2v) is 7.36. The molecule has 0 saturated heterocycles. The molecule has 0 saturated carbocycles. The molecule has 1 atom stereocenters. The number of nitrogens with two attached hydrogens (primary N) is 1. The molecule has 146 valence electrons. The van der Waals surface area contributed by atoms with E-state index in [1.165, 1.54) is 5.56 Å². The zero-order valence-corrected chi connectivity index (χ0v) is 16.5. The summed E-state index contributed by atoms with van der Waals surface area (Å²) in [6, 6.07) is 24.9. The molecule has 5 heteroatoms. The minimum atomic E-state index is -0.350. The van der Waals surface area contributed by atoms with Crippen molar-refractivity contribution in [3.05, 3.63) is 94.9 Å². The Bertz CT molecular complexity index is 1320. The van der Waals surface area contributed by atoms with Crippen LogP contribution in [0.15, 0.2) is 78.2 Å². The molecule has 3 N–H and O–H groups in total. The minimum absolute atomic E-state index is 0.102. The molecule has 0 spiro atoms. The standard InChI is InChI=1S/C25H20N4O/c1-2-15-10-12-17(13-11-15)21-20(14-26)24(27)30-25-22(21)23(28-29-25)19-9-5-7-16-6-3-4-8-18(16)19/h3-13,21H,2,27H2,1H3,(H,28,29)/t21-/m0/s1. The van der Waals surface area contributed by atoms with E-state index < -0.39 is 0 Å². The number of benzene rings is 3. The maximum absolute atomic E-state index is 9.89. The van der Waals surface area contributed by atoms with Gasteiger partial charge in [0.25, 0.3) is 0 Å². The second kappa shape index (κ2) is 7.09. The van der Waals surface area contributed by atoms with E-state index in [-0.39, 0.29) is 11.8 Å². The molecule has 1 aliphatic rings. The fraction of sp³-hybridized carbons (Fsp3) is 0.120. The van der Waals surface area contributed by atoms with Crippen molar-refractivity contribution in [1.82, 2.24) is 10.2 Å². The number of aromatic amines is 1. The van der Waals surface area contributed by atoms with E-state index >= 15 is 0 Å². The predicted octanol–water partition coefficient (Wildman–Crippen LogP) is 5.01. The van der Waals surface area contributed by atoms with Crippen molar-refractivity contribution >= 4 is 10.8 Å². The lowest BCUT2D eigenvalue weighted by Crippen LogP contribution is -2.21. The highest BCUT2D eigenvalue weighted by atomic mass is 16.5. The Morgan fingerprint density at radius 1 is 1.07 bits per heavy atom. The molecule has 3 aromatic carbocycles. The molecule has 0 aliphatic carbocycles. The largest absolute Gasteiger partial charge is 0.420 e. The topological polar surface area (TPSA) is 87.7 Å². The van der Waals surface area contributed by atoms with Crippen molar-refractivity contribution in [2.75, 3.05) is 0 Å². The van der Waals surface area contributed by atoms with E-state index in [0.29, 0.717) is 11.5 Å². The summed E-state index contributed by atoms with van der Waals surface area (Å²) in [6.45, 7) is 2.12. The highest BCUT2D eigenvalue weighted by Gasteiger charge is 2.35. The number of rotatable bonds is 3. The van der Waals surface area contributed by atoms with E-state index in [2.05, 4.69) is 71.7 Å². The summed E-state index contributed by atoms with van der Waals surface area (Å²) in [4.78, 5) is 0. The van der Waals surface area contributed by atoms with Gasteiger partial charge in [0.15, 0.2) is 0 Å². The van der Waals surface area contributed by atoms with Gasteiger partial charge < -0.3 is 10.5 Å². The second-order valence-electron chi connectivity index (χ2n) is 7.36. The first-order chi connectivity index (χ1) is 14.7. The van der Waals surface area contributed by atoms with Crippen LogP contribution in [0.25, 0.3) is 22.0 Å². The average molecular weight is 392 g/mol. The van der Waals surface area contributed by atoms with Crippen molar-refractivity contribution in [3.63, 3.8) is 0 Å². The van der Waals surface area contributed by atoms with E-state index in [9.17, 15) is 5.26 Å². The van der Waals surface area contributed by atoms with Gasteiger partial charge in [-0.1, -0.05) is 73.7 Å². The highest BCUT2D eigenvalue weighted by molar-refractivity contribution is 5.97. The van der Waals surface area contributed by atoms with Gasteiger partial charge in [0.05, 0.1) is 17.2 Å². The fourth-order valence-electron chi connectivity index (χ4n) is 4.17. The molecule has 0 amide bonds. The van der Waals surface area contributed by atoms with Crippen molar-refractivity contribution < 1.29 is 4.74 Å². The normalized spacial score (nSPS) is 15.5. The Labute approximate surface area is 174 Å². The third-order valence-corrected chi connectivity index (χ3v) is 5.72. The number of fused-ring (bicyclic) bond motifs is 2. The zero-order chi connectivity index (χ0) is 20.7. The number of allylic oxidation sites excluding steroid dienone is 1. The number of hydrogen-bond donors (Lipinski definition) is 2. The first-order valence-corrected chi connectivity index (χ1v) is 9.94. The third kappa shape index (κ3) is 2.73.